The molecule has 1 aromatic rings. The topological polar surface area (TPSA) is 22.1 Å². The first-order valence-corrected chi connectivity index (χ1v) is 5.66. The molecule has 1 fully saturated rings. The van der Waals surface area contributed by atoms with Crippen LogP contribution in [0.5, 0.6) is 0 Å². The van der Waals surface area contributed by atoms with E-state index in [1.807, 2.05) is 6.92 Å². The molecule has 1 unspecified atom stereocenters. The summed E-state index contributed by atoms with van der Waals surface area (Å²) in [5.74, 6) is 0.00241. The fraction of sp³-hybridized carbons (Fsp3) is 0.583. The predicted molar refractivity (Wildman–Crippen MR) is 56.8 cm³/mol. The number of hydrogen-bond donors (Lipinski definition) is 0. The van der Waals surface area contributed by atoms with Gasteiger partial charge in [-0.15, -0.1) is 0 Å². The molecule has 0 amide bonds. The van der Waals surface area contributed by atoms with Gasteiger partial charge in [0.25, 0.3) is 0 Å². The summed E-state index contributed by atoms with van der Waals surface area (Å²) in [6, 6.07) is 2.88. The smallest absolute Gasteiger partial charge is 0.381 e. The van der Waals surface area contributed by atoms with Crippen LogP contribution in [0.1, 0.15) is 36.2 Å². The van der Waals surface area contributed by atoms with E-state index in [2.05, 4.69) is 4.98 Å². The number of hydrogen-bond acceptors (Lipinski definition) is 2. The average molecular weight is 245 g/mol. The molecule has 1 aliphatic heterocycles. The lowest BCUT2D eigenvalue weighted by atomic mass is 10.0. The molecule has 1 aliphatic rings. The van der Waals surface area contributed by atoms with Gasteiger partial charge in [-0.2, -0.15) is 13.2 Å². The largest absolute Gasteiger partial charge is 0.433 e. The molecular weight excluding hydrogens is 231 g/mol. The van der Waals surface area contributed by atoms with Crippen molar-refractivity contribution in [2.24, 2.45) is 0 Å². The Morgan fingerprint density at radius 3 is 2.71 bits per heavy atom. The van der Waals surface area contributed by atoms with Crippen molar-refractivity contribution in [2.45, 2.75) is 31.9 Å². The molecule has 0 spiro atoms. The summed E-state index contributed by atoms with van der Waals surface area (Å²) in [5.41, 5.74) is 0.391. The minimum Gasteiger partial charge on any atom is -0.381 e. The fourth-order valence-electron chi connectivity index (χ4n) is 1.94. The van der Waals surface area contributed by atoms with Crippen LogP contribution in [0.25, 0.3) is 0 Å². The molecule has 0 aromatic carbocycles. The predicted octanol–water partition coefficient (Wildman–Crippen LogP) is 3.17. The molecule has 2 nitrogen and oxygen atoms in total. The lowest BCUT2D eigenvalue weighted by molar-refractivity contribution is -0.141. The highest BCUT2D eigenvalue weighted by Gasteiger charge is 2.34. The second kappa shape index (κ2) is 4.64. The molecule has 2 heterocycles. The lowest BCUT2D eigenvalue weighted by Crippen LogP contribution is -2.12. The Bertz CT molecular complexity index is 397. The van der Waals surface area contributed by atoms with Gasteiger partial charge in [-0.1, -0.05) is 6.92 Å². The highest BCUT2D eigenvalue weighted by molar-refractivity contribution is 5.25. The van der Waals surface area contributed by atoms with Crippen LogP contribution >= 0.6 is 0 Å². The van der Waals surface area contributed by atoms with Gasteiger partial charge < -0.3 is 4.74 Å². The van der Waals surface area contributed by atoms with Crippen LogP contribution in [0.4, 0.5) is 13.2 Å². The summed E-state index contributed by atoms with van der Waals surface area (Å²) in [6.07, 6.45) is -3.05. The van der Waals surface area contributed by atoms with Gasteiger partial charge in [0, 0.05) is 18.2 Å². The van der Waals surface area contributed by atoms with E-state index in [1.54, 1.807) is 6.07 Å². The number of nitrogens with zero attached hydrogens (tertiary/aromatic N) is 1. The van der Waals surface area contributed by atoms with Gasteiger partial charge in [-0.25, -0.2) is 4.98 Å². The highest BCUT2D eigenvalue weighted by atomic mass is 19.4. The van der Waals surface area contributed by atoms with E-state index in [4.69, 9.17) is 4.74 Å². The zero-order valence-electron chi connectivity index (χ0n) is 9.55. The molecule has 0 radical (unpaired) electrons. The molecule has 1 saturated heterocycles. The Kier molecular flexibility index (Phi) is 3.38. The van der Waals surface area contributed by atoms with Crippen LogP contribution in [0.2, 0.25) is 0 Å². The molecule has 0 aliphatic carbocycles. The summed E-state index contributed by atoms with van der Waals surface area (Å²) >= 11 is 0. The van der Waals surface area contributed by atoms with Gasteiger partial charge in [0.2, 0.25) is 0 Å². The normalized spacial score (nSPS) is 20.8. The van der Waals surface area contributed by atoms with Crippen molar-refractivity contribution in [2.75, 3.05) is 13.2 Å². The van der Waals surface area contributed by atoms with E-state index in [0.717, 1.165) is 12.5 Å². The number of aryl methyl sites for hydroxylation is 1. The number of alkyl halides is 3. The SMILES string of the molecule is CCc1cc(C2CCOC2)nc(C(F)(F)F)c1. The Labute approximate surface area is 97.8 Å². The standard InChI is InChI=1S/C12H14F3NO/c1-2-8-5-10(9-3-4-17-7-9)16-11(6-8)12(13,14)15/h5-6,9H,2-4,7H2,1H3. The first kappa shape index (κ1) is 12.4. The van der Waals surface area contributed by atoms with Crippen LogP contribution < -0.4 is 0 Å². The van der Waals surface area contributed by atoms with Gasteiger partial charge in [0.15, 0.2) is 0 Å². The number of aromatic nitrogens is 1. The number of ether oxygens (including phenoxy) is 1. The van der Waals surface area contributed by atoms with Crippen molar-refractivity contribution < 1.29 is 17.9 Å². The second-order valence-corrected chi connectivity index (χ2v) is 4.20. The average Bonchev–Trinajstić information content (AvgIpc) is 2.80. The van der Waals surface area contributed by atoms with Crippen LogP contribution in [-0.2, 0) is 17.3 Å². The first-order chi connectivity index (χ1) is 8.00. The fourth-order valence-corrected chi connectivity index (χ4v) is 1.94. The van der Waals surface area contributed by atoms with Crippen molar-refractivity contribution in [1.29, 1.82) is 0 Å². The Balaban J connectivity index is 2.38. The maximum atomic E-state index is 12.7. The third-order valence-corrected chi connectivity index (χ3v) is 2.95. The molecule has 1 aromatic heterocycles. The van der Waals surface area contributed by atoms with Crippen LogP contribution in [0.3, 0.4) is 0 Å². The number of pyridine rings is 1. The molecular formula is C12H14F3NO. The molecule has 0 saturated carbocycles. The Hall–Kier alpha value is -1.10. The Morgan fingerprint density at radius 1 is 1.41 bits per heavy atom. The zero-order valence-corrected chi connectivity index (χ0v) is 9.55. The first-order valence-electron chi connectivity index (χ1n) is 5.66. The van der Waals surface area contributed by atoms with Crippen molar-refractivity contribution >= 4 is 0 Å². The van der Waals surface area contributed by atoms with Gasteiger partial charge in [-0.3, -0.25) is 0 Å². The van der Waals surface area contributed by atoms with Crippen LogP contribution in [0, 0.1) is 0 Å². The van der Waals surface area contributed by atoms with Gasteiger partial charge in [0.1, 0.15) is 5.69 Å². The molecule has 94 valence electrons. The van der Waals surface area contributed by atoms with Gasteiger partial charge >= 0.3 is 6.18 Å². The minimum atomic E-state index is -4.38. The zero-order chi connectivity index (χ0) is 12.5. The molecule has 0 N–H and O–H groups in total. The van der Waals surface area contributed by atoms with Crippen molar-refractivity contribution in [3.63, 3.8) is 0 Å². The monoisotopic (exact) mass is 245 g/mol. The van der Waals surface area contributed by atoms with E-state index in [-0.39, 0.29) is 5.92 Å². The third-order valence-electron chi connectivity index (χ3n) is 2.95. The van der Waals surface area contributed by atoms with E-state index < -0.39 is 11.9 Å². The summed E-state index contributed by atoms with van der Waals surface area (Å²) < 4.78 is 43.2. The molecule has 5 heteroatoms. The summed E-state index contributed by atoms with van der Waals surface area (Å²) in [7, 11) is 0. The Morgan fingerprint density at radius 2 is 2.18 bits per heavy atom. The maximum absolute atomic E-state index is 12.7. The van der Waals surface area contributed by atoms with Crippen molar-refractivity contribution in [1.82, 2.24) is 4.98 Å². The van der Waals surface area contributed by atoms with E-state index in [0.29, 0.717) is 30.9 Å². The van der Waals surface area contributed by atoms with E-state index >= 15 is 0 Å². The van der Waals surface area contributed by atoms with Gasteiger partial charge in [0.05, 0.1) is 6.61 Å². The molecule has 2 rings (SSSR count). The summed E-state index contributed by atoms with van der Waals surface area (Å²) in [4.78, 5) is 3.73. The molecule has 17 heavy (non-hydrogen) atoms. The van der Waals surface area contributed by atoms with Crippen LogP contribution in [-0.4, -0.2) is 18.2 Å². The third kappa shape index (κ3) is 2.77. The quantitative estimate of drug-likeness (QED) is 0.798. The van der Waals surface area contributed by atoms with E-state index in [9.17, 15) is 13.2 Å². The highest BCUT2D eigenvalue weighted by Crippen LogP contribution is 2.31. The van der Waals surface area contributed by atoms with E-state index in [1.165, 1.54) is 0 Å². The number of halogens is 3. The second-order valence-electron chi connectivity index (χ2n) is 4.20. The maximum Gasteiger partial charge on any atom is 0.433 e. The van der Waals surface area contributed by atoms with Crippen molar-refractivity contribution in [3.8, 4) is 0 Å². The molecule has 1 atom stereocenters. The number of rotatable bonds is 2. The lowest BCUT2D eigenvalue weighted by Gasteiger charge is -2.13. The molecule has 0 bridgehead atoms. The van der Waals surface area contributed by atoms with Crippen molar-refractivity contribution in [3.05, 3.63) is 29.1 Å². The van der Waals surface area contributed by atoms with Gasteiger partial charge in [-0.05, 0) is 30.5 Å². The summed E-state index contributed by atoms with van der Waals surface area (Å²) in [5, 5.41) is 0. The van der Waals surface area contributed by atoms with Crippen LogP contribution in [0.15, 0.2) is 12.1 Å². The summed E-state index contributed by atoms with van der Waals surface area (Å²) in [6.45, 7) is 2.91. The minimum absolute atomic E-state index is 0.00241.